The second-order valence-corrected chi connectivity index (χ2v) is 8.92. The van der Waals surface area contributed by atoms with Gasteiger partial charge in [0.1, 0.15) is 12.1 Å². The molecule has 1 aromatic carbocycles. The minimum Gasteiger partial charge on any atom is -0.347 e. The second-order valence-electron chi connectivity index (χ2n) is 8.92. The Kier molecular flexibility index (Phi) is 6.26. The fourth-order valence-corrected chi connectivity index (χ4v) is 4.51. The number of carbonyl (C=O) groups excluding carboxylic acids is 4. The Morgan fingerprint density at radius 1 is 1.15 bits per heavy atom. The Bertz CT molecular complexity index is 1090. The number of carbonyl (C=O) groups is 4. The van der Waals surface area contributed by atoms with Crippen molar-refractivity contribution in [2.24, 2.45) is 0 Å². The van der Waals surface area contributed by atoms with Crippen LogP contribution in [0.4, 0.5) is 15.3 Å². The minimum absolute atomic E-state index is 0.000558. The Labute approximate surface area is 192 Å². The molecule has 1 spiro atoms. The van der Waals surface area contributed by atoms with Gasteiger partial charge in [0.2, 0.25) is 5.91 Å². The van der Waals surface area contributed by atoms with Gasteiger partial charge in [-0.15, -0.1) is 0 Å². The first-order valence-electron chi connectivity index (χ1n) is 11.3. The topological polar surface area (TPSA) is 116 Å². The van der Waals surface area contributed by atoms with Crippen LogP contribution < -0.4 is 16.0 Å². The van der Waals surface area contributed by atoms with E-state index in [0.717, 1.165) is 23.7 Å². The van der Waals surface area contributed by atoms with Crippen LogP contribution in [0.25, 0.3) is 10.9 Å². The smallest absolute Gasteiger partial charge is 0.325 e. The number of urea groups is 2. The Balaban J connectivity index is 1.25. The van der Waals surface area contributed by atoms with E-state index in [4.69, 9.17) is 0 Å². The van der Waals surface area contributed by atoms with Crippen molar-refractivity contribution in [1.82, 2.24) is 25.0 Å². The van der Waals surface area contributed by atoms with Crippen LogP contribution in [0.5, 0.6) is 0 Å². The van der Waals surface area contributed by atoms with Crippen molar-refractivity contribution >= 4 is 40.5 Å². The van der Waals surface area contributed by atoms with Crippen LogP contribution in [0, 0.1) is 0 Å². The van der Waals surface area contributed by atoms with Crippen LogP contribution in [-0.4, -0.2) is 71.0 Å². The summed E-state index contributed by atoms with van der Waals surface area (Å²) in [5, 5.41) is 9.33. The summed E-state index contributed by atoms with van der Waals surface area (Å²) >= 11 is 0. The number of amides is 6. The molecule has 10 heteroatoms. The van der Waals surface area contributed by atoms with E-state index >= 15 is 0 Å². The normalized spacial score (nSPS) is 17.0. The highest BCUT2D eigenvalue weighted by molar-refractivity contribution is 6.07. The molecular formula is C23H30N6O4. The molecule has 1 aliphatic carbocycles. The van der Waals surface area contributed by atoms with Crippen molar-refractivity contribution in [3.8, 4) is 0 Å². The predicted molar refractivity (Wildman–Crippen MR) is 124 cm³/mol. The molecule has 1 aromatic heterocycles. The molecule has 4 rings (SSSR count). The monoisotopic (exact) mass is 454 g/mol. The van der Waals surface area contributed by atoms with Gasteiger partial charge in [0.15, 0.2) is 0 Å². The molecule has 2 aliphatic rings. The summed E-state index contributed by atoms with van der Waals surface area (Å²) in [5.74, 6) is -0.137. The third-order valence-electron chi connectivity index (χ3n) is 6.38. The number of rotatable bonds is 7. The number of aromatic nitrogens is 1. The second kappa shape index (κ2) is 9.13. The van der Waals surface area contributed by atoms with Crippen molar-refractivity contribution in [3.63, 3.8) is 0 Å². The Morgan fingerprint density at radius 3 is 2.64 bits per heavy atom. The highest BCUT2D eigenvalue weighted by Crippen LogP contribution is 2.35. The van der Waals surface area contributed by atoms with Gasteiger partial charge >= 0.3 is 12.1 Å². The van der Waals surface area contributed by atoms with Gasteiger partial charge in [-0.1, -0.05) is 12.8 Å². The van der Waals surface area contributed by atoms with Gasteiger partial charge in [-0.25, -0.2) is 9.59 Å². The fourth-order valence-electron chi connectivity index (χ4n) is 4.51. The molecule has 1 saturated carbocycles. The summed E-state index contributed by atoms with van der Waals surface area (Å²) in [6.45, 7) is 0.863. The van der Waals surface area contributed by atoms with Gasteiger partial charge in [-0.05, 0) is 43.5 Å². The zero-order valence-electron chi connectivity index (χ0n) is 19.0. The maximum atomic E-state index is 12.6. The number of imide groups is 1. The SMILES string of the molecule is CN(C)C(=O)Cn1ccc2cc(NC(=O)NCCCN3C(=O)NC4(CCCC4)C3=O)ccc21. The number of anilines is 1. The number of nitrogens with zero attached hydrogens (tertiary/aromatic N) is 3. The lowest BCUT2D eigenvalue weighted by atomic mass is 9.98. The summed E-state index contributed by atoms with van der Waals surface area (Å²) in [7, 11) is 3.44. The van der Waals surface area contributed by atoms with E-state index in [9.17, 15) is 19.2 Å². The number of likely N-dealkylation sites (N-methyl/N-ethyl adjacent to an activating group) is 1. The van der Waals surface area contributed by atoms with Crippen LogP contribution in [0.3, 0.4) is 0 Å². The van der Waals surface area contributed by atoms with Crippen LogP contribution in [-0.2, 0) is 16.1 Å². The van der Waals surface area contributed by atoms with Crippen LogP contribution in [0.15, 0.2) is 30.5 Å². The van der Waals surface area contributed by atoms with E-state index in [1.54, 1.807) is 25.1 Å². The predicted octanol–water partition coefficient (Wildman–Crippen LogP) is 2.11. The van der Waals surface area contributed by atoms with Crippen molar-refractivity contribution in [1.29, 1.82) is 0 Å². The molecule has 176 valence electrons. The minimum atomic E-state index is -0.695. The van der Waals surface area contributed by atoms with E-state index in [-0.39, 0.29) is 37.0 Å². The summed E-state index contributed by atoms with van der Waals surface area (Å²) in [5.41, 5.74) is 0.845. The molecule has 3 N–H and O–H groups in total. The lowest BCUT2D eigenvalue weighted by molar-refractivity contribution is -0.131. The van der Waals surface area contributed by atoms with Gasteiger partial charge in [0.05, 0.1) is 0 Å². The standard InChI is InChI=1S/C23H30N6O4/c1-27(2)19(30)15-28-13-8-16-14-17(6-7-18(16)28)25-21(32)24-11-5-12-29-20(31)23(26-22(29)33)9-3-4-10-23/h6-8,13-14H,3-5,9-12,15H2,1-2H3,(H,26,33)(H2,24,25,32). The molecule has 0 bridgehead atoms. The summed E-state index contributed by atoms with van der Waals surface area (Å²) in [6.07, 6.45) is 5.63. The molecule has 2 fully saturated rings. The number of hydrogen-bond donors (Lipinski definition) is 3. The van der Waals surface area contributed by atoms with Gasteiger partial charge < -0.3 is 25.4 Å². The molecular weight excluding hydrogens is 424 g/mol. The van der Waals surface area contributed by atoms with Gasteiger partial charge in [0.25, 0.3) is 5.91 Å². The van der Waals surface area contributed by atoms with Crippen molar-refractivity contribution in [2.45, 2.75) is 44.2 Å². The Hall–Kier alpha value is -3.56. The quantitative estimate of drug-likeness (QED) is 0.439. The maximum Gasteiger partial charge on any atom is 0.325 e. The van der Waals surface area contributed by atoms with Gasteiger partial charge in [-0.3, -0.25) is 14.5 Å². The highest BCUT2D eigenvalue weighted by Gasteiger charge is 2.51. The van der Waals surface area contributed by atoms with Crippen LogP contribution in [0.2, 0.25) is 0 Å². The molecule has 1 saturated heterocycles. The lowest BCUT2D eigenvalue weighted by Gasteiger charge is -2.20. The van der Waals surface area contributed by atoms with Crippen LogP contribution >= 0.6 is 0 Å². The van der Waals surface area contributed by atoms with Crippen LogP contribution in [0.1, 0.15) is 32.1 Å². The van der Waals surface area contributed by atoms with Crippen molar-refractivity contribution in [2.75, 3.05) is 32.5 Å². The van der Waals surface area contributed by atoms with E-state index in [0.29, 0.717) is 31.5 Å². The molecule has 6 amide bonds. The van der Waals surface area contributed by atoms with E-state index in [2.05, 4.69) is 16.0 Å². The van der Waals surface area contributed by atoms with Crippen molar-refractivity contribution < 1.29 is 19.2 Å². The third kappa shape index (κ3) is 4.64. The summed E-state index contributed by atoms with van der Waals surface area (Å²) < 4.78 is 1.87. The molecule has 10 nitrogen and oxygen atoms in total. The number of hydrogen-bond acceptors (Lipinski definition) is 4. The molecule has 2 aromatic rings. The highest BCUT2D eigenvalue weighted by atomic mass is 16.2. The average molecular weight is 455 g/mol. The summed E-state index contributed by atoms with van der Waals surface area (Å²) in [4.78, 5) is 51.9. The molecule has 0 atom stereocenters. The molecule has 0 unspecified atom stereocenters. The number of fused-ring (bicyclic) bond motifs is 1. The van der Waals surface area contributed by atoms with Gasteiger partial charge in [-0.2, -0.15) is 0 Å². The zero-order chi connectivity index (χ0) is 23.6. The first-order valence-corrected chi connectivity index (χ1v) is 11.3. The fraction of sp³-hybridized carbons (Fsp3) is 0.478. The van der Waals surface area contributed by atoms with E-state index < -0.39 is 5.54 Å². The molecule has 0 radical (unpaired) electrons. The van der Waals surface area contributed by atoms with E-state index in [1.165, 1.54) is 4.90 Å². The number of benzene rings is 1. The maximum absolute atomic E-state index is 12.6. The van der Waals surface area contributed by atoms with E-state index in [1.807, 2.05) is 29.0 Å². The molecule has 33 heavy (non-hydrogen) atoms. The van der Waals surface area contributed by atoms with Crippen molar-refractivity contribution in [3.05, 3.63) is 30.5 Å². The number of nitrogens with one attached hydrogen (secondary N) is 3. The third-order valence-corrected chi connectivity index (χ3v) is 6.38. The zero-order valence-corrected chi connectivity index (χ0v) is 19.0. The first-order chi connectivity index (χ1) is 15.8. The Morgan fingerprint density at radius 2 is 1.91 bits per heavy atom. The molecule has 1 aliphatic heterocycles. The molecule has 2 heterocycles. The largest absolute Gasteiger partial charge is 0.347 e. The summed E-state index contributed by atoms with van der Waals surface area (Å²) in [6, 6.07) is 6.70. The first kappa shape index (κ1) is 22.6. The average Bonchev–Trinajstić information content (AvgIpc) is 3.46. The van der Waals surface area contributed by atoms with Gasteiger partial charge in [0, 0.05) is 50.0 Å². The lowest BCUT2D eigenvalue weighted by Crippen LogP contribution is -2.44.